The third-order valence-corrected chi connectivity index (χ3v) is 3.56. The Morgan fingerprint density at radius 2 is 1.73 bits per heavy atom. The second kappa shape index (κ2) is 8.46. The fraction of sp³-hybridized carbons (Fsp3) is 0.278. The number of anilines is 1. The molecule has 0 saturated heterocycles. The van der Waals surface area contributed by atoms with Crippen LogP contribution in [0.15, 0.2) is 42.7 Å². The number of carbonyl (C=O) groups excluding carboxylic acids is 2. The normalized spacial score (nSPS) is 11.1. The minimum Gasteiger partial charge on any atom is -0.352 e. The van der Waals surface area contributed by atoms with Crippen molar-refractivity contribution in [2.75, 3.05) is 11.9 Å². The van der Waals surface area contributed by atoms with E-state index in [4.69, 9.17) is 0 Å². The molecule has 1 aromatic carbocycles. The van der Waals surface area contributed by atoms with Crippen LogP contribution in [0.5, 0.6) is 0 Å². The number of halogens is 3. The highest BCUT2D eigenvalue weighted by Crippen LogP contribution is 2.34. The van der Waals surface area contributed by atoms with Gasteiger partial charge in [0.1, 0.15) is 0 Å². The van der Waals surface area contributed by atoms with Gasteiger partial charge in [-0.2, -0.15) is 13.2 Å². The van der Waals surface area contributed by atoms with Crippen molar-refractivity contribution >= 4 is 17.5 Å². The number of rotatable bonds is 6. The molecule has 1 aromatic heterocycles. The van der Waals surface area contributed by atoms with Gasteiger partial charge in [-0.3, -0.25) is 14.6 Å². The van der Waals surface area contributed by atoms with E-state index in [9.17, 15) is 22.8 Å². The van der Waals surface area contributed by atoms with Crippen molar-refractivity contribution in [3.05, 3.63) is 59.4 Å². The van der Waals surface area contributed by atoms with Crippen molar-refractivity contribution in [2.45, 2.75) is 25.9 Å². The third-order valence-electron chi connectivity index (χ3n) is 3.56. The lowest BCUT2D eigenvalue weighted by Gasteiger charge is -2.13. The monoisotopic (exact) mass is 365 g/mol. The Balaban J connectivity index is 2.16. The van der Waals surface area contributed by atoms with E-state index in [1.807, 2.05) is 6.92 Å². The number of nitrogens with one attached hydrogen (secondary N) is 2. The van der Waals surface area contributed by atoms with E-state index in [0.717, 1.165) is 25.0 Å². The zero-order valence-corrected chi connectivity index (χ0v) is 14.1. The number of nitrogens with zero attached hydrogens (tertiary/aromatic N) is 1. The van der Waals surface area contributed by atoms with Crippen LogP contribution in [0.25, 0.3) is 0 Å². The lowest BCUT2D eigenvalue weighted by atomic mass is 10.1. The average molecular weight is 365 g/mol. The smallest absolute Gasteiger partial charge is 0.352 e. The van der Waals surface area contributed by atoms with Gasteiger partial charge in [-0.25, -0.2) is 0 Å². The van der Waals surface area contributed by atoms with Crippen LogP contribution in [0.4, 0.5) is 18.9 Å². The van der Waals surface area contributed by atoms with E-state index < -0.39 is 23.6 Å². The molecule has 2 rings (SSSR count). The number of amides is 2. The Kier molecular flexibility index (Phi) is 6.32. The van der Waals surface area contributed by atoms with Crippen LogP contribution in [-0.2, 0) is 6.18 Å². The van der Waals surface area contributed by atoms with E-state index in [2.05, 4.69) is 15.6 Å². The summed E-state index contributed by atoms with van der Waals surface area (Å²) in [6, 6.07) is 5.96. The second-order valence-corrected chi connectivity index (χ2v) is 5.57. The van der Waals surface area contributed by atoms with Gasteiger partial charge in [0.15, 0.2) is 0 Å². The van der Waals surface area contributed by atoms with Crippen molar-refractivity contribution in [3.63, 3.8) is 0 Å². The molecule has 5 nitrogen and oxygen atoms in total. The van der Waals surface area contributed by atoms with E-state index in [0.29, 0.717) is 6.54 Å². The maximum absolute atomic E-state index is 13.0. The predicted octanol–water partition coefficient (Wildman–Crippen LogP) is 3.88. The molecule has 0 radical (unpaired) electrons. The number of pyridine rings is 1. The molecule has 0 atom stereocenters. The van der Waals surface area contributed by atoms with Crippen LogP contribution < -0.4 is 10.6 Å². The highest BCUT2D eigenvalue weighted by atomic mass is 19.4. The van der Waals surface area contributed by atoms with Crippen LogP contribution in [0.1, 0.15) is 46.0 Å². The van der Waals surface area contributed by atoms with Gasteiger partial charge in [-0.05, 0) is 24.6 Å². The fourth-order valence-electron chi connectivity index (χ4n) is 2.20. The number of hydrogen-bond acceptors (Lipinski definition) is 3. The van der Waals surface area contributed by atoms with Gasteiger partial charge in [0.05, 0.1) is 22.4 Å². The Hall–Kier alpha value is -2.90. The van der Waals surface area contributed by atoms with Gasteiger partial charge in [-0.15, -0.1) is 0 Å². The number of hydrogen-bond donors (Lipinski definition) is 2. The zero-order valence-electron chi connectivity index (χ0n) is 14.1. The Labute approximate surface area is 148 Å². The number of para-hydroxylation sites is 1. The summed E-state index contributed by atoms with van der Waals surface area (Å²) in [6.07, 6.45) is -0.383. The van der Waals surface area contributed by atoms with E-state index >= 15 is 0 Å². The summed E-state index contributed by atoms with van der Waals surface area (Å²) >= 11 is 0. The number of carbonyl (C=O) groups is 2. The first-order valence-electron chi connectivity index (χ1n) is 8.03. The first kappa shape index (κ1) is 19.4. The van der Waals surface area contributed by atoms with Crippen LogP contribution in [0, 0.1) is 0 Å². The molecule has 0 unspecified atom stereocenters. The standard InChI is InChI=1S/C18H18F3N3O2/c1-2-3-8-23-16(25)12-9-13(11-22-10-12)17(26)24-15-7-5-4-6-14(15)18(19,20)21/h4-7,9-11H,2-3,8H2,1H3,(H,23,25)(H,24,26). The Morgan fingerprint density at radius 3 is 2.38 bits per heavy atom. The number of aromatic nitrogens is 1. The highest BCUT2D eigenvalue weighted by Gasteiger charge is 2.33. The molecule has 0 fully saturated rings. The van der Waals surface area contributed by atoms with E-state index in [1.165, 1.54) is 30.6 Å². The molecule has 0 bridgehead atoms. The van der Waals surface area contributed by atoms with Gasteiger partial charge >= 0.3 is 6.18 Å². The molecule has 2 amide bonds. The first-order valence-corrected chi connectivity index (χ1v) is 8.03. The lowest BCUT2D eigenvalue weighted by molar-refractivity contribution is -0.136. The molecule has 26 heavy (non-hydrogen) atoms. The minimum absolute atomic E-state index is 0.00915. The molecular formula is C18H18F3N3O2. The molecule has 0 saturated carbocycles. The largest absolute Gasteiger partial charge is 0.418 e. The Morgan fingerprint density at radius 1 is 1.08 bits per heavy atom. The summed E-state index contributed by atoms with van der Waals surface area (Å²) in [4.78, 5) is 28.1. The summed E-state index contributed by atoms with van der Waals surface area (Å²) in [5.74, 6) is -1.17. The lowest BCUT2D eigenvalue weighted by Crippen LogP contribution is -2.25. The van der Waals surface area contributed by atoms with Crippen molar-refractivity contribution in [1.29, 1.82) is 0 Å². The van der Waals surface area contributed by atoms with Crippen molar-refractivity contribution in [2.24, 2.45) is 0 Å². The molecule has 8 heteroatoms. The molecule has 0 spiro atoms. The van der Waals surface area contributed by atoms with Gasteiger partial charge in [-0.1, -0.05) is 25.5 Å². The minimum atomic E-state index is -4.59. The Bertz CT molecular complexity index is 791. The van der Waals surface area contributed by atoms with Gasteiger partial charge in [0.2, 0.25) is 0 Å². The van der Waals surface area contributed by atoms with Crippen molar-refractivity contribution in [1.82, 2.24) is 10.3 Å². The van der Waals surface area contributed by atoms with Crippen LogP contribution >= 0.6 is 0 Å². The van der Waals surface area contributed by atoms with Crippen LogP contribution in [0.3, 0.4) is 0 Å². The zero-order chi connectivity index (χ0) is 19.2. The van der Waals surface area contributed by atoms with Crippen molar-refractivity contribution < 1.29 is 22.8 Å². The fourth-order valence-corrected chi connectivity index (χ4v) is 2.20. The van der Waals surface area contributed by atoms with Gasteiger partial charge < -0.3 is 10.6 Å². The maximum atomic E-state index is 13.0. The topological polar surface area (TPSA) is 71.1 Å². The first-order chi connectivity index (χ1) is 12.3. The molecule has 138 valence electrons. The predicted molar refractivity (Wildman–Crippen MR) is 90.9 cm³/mol. The van der Waals surface area contributed by atoms with E-state index in [-0.39, 0.29) is 16.8 Å². The summed E-state index contributed by atoms with van der Waals surface area (Å²) < 4.78 is 39.0. The second-order valence-electron chi connectivity index (χ2n) is 5.57. The molecule has 2 aromatic rings. The molecular weight excluding hydrogens is 347 g/mol. The van der Waals surface area contributed by atoms with Crippen LogP contribution in [0.2, 0.25) is 0 Å². The summed E-state index contributed by atoms with van der Waals surface area (Å²) in [7, 11) is 0. The third kappa shape index (κ3) is 5.05. The molecule has 2 N–H and O–H groups in total. The molecule has 0 aliphatic carbocycles. The van der Waals surface area contributed by atoms with Crippen molar-refractivity contribution in [3.8, 4) is 0 Å². The number of alkyl halides is 3. The highest BCUT2D eigenvalue weighted by molar-refractivity contribution is 6.06. The van der Waals surface area contributed by atoms with Crippen LogP contribution in [-0.4, -0.2) is 23.3 Å². The van der Waals surface area contributed by atoms with Gasteiger partial charge in [0.25, 0.3) is 11.8 Å². The van der Waals surface area contributed by atoms with E-state index in [1.54, 1.807) is 0 Å². The SMILES string of the molecule is CCCCNC(=O)c1cncc(C(=O)Nc2ccccc2C(F)(F)F)c1. The molecule has 0 aliphatic rings. The van der Waals surface area contributed by atoms with Gasteiger partial charge in [0, 0.05) is 18.9 Å². The quantitative estimate of drug-likeness (QED) is 0.763. The molecule has 1 heterocycles. The summed E-state index contributed by atoms with van der Waals surface area (Å²) in [6.45, 7) is 2.47. The summed E-state index contributed by atoms with van der Waals surface area (Å²) in [5, 5.41) is 4.91. The average Bonchev–Trinajstić information content (AvgIpc) is 2.61. The maximum Gasteiger partial charge on any atom is 0.418 e. The molecule has 0 aliphatic heterocycles. The number of unbranched alkanes of at least 4 members (excludes halogenated alkanes) is 1. The number of benzene rings is 1. The summed E-state index contributed by atoms with van der Waals surface area (Å²) in [5.41, 5.74) is -1.15.